The number of nitrogens with one attached hydrogen (secondary N) is 1. The molecule has 2 unspecified atom stereocenters. The number of carbonyl (C=O) groups excluding carboxylic acids is 1. The molecule has 7 heteroatoms. The van der Waals surface area contributed by atoms with Crippen LogP contribution in [0.1, 0.15) is 24.2 Å². The summed E-state index contributed by atoms with van der Waals surface area (Å²) in [5, 5.41) is 20.8. The van der Waals surface area contributed by atoms with Gasteiger partial charge in [0.25, 0.3) is 5.91 Å². The number of amides is 1. The molecule has 0 aromatic heterocycles. The van der Waals surface area contributed by atoms with E-state index in [9.17, 15) is 14.9 Å². The molecule has 1 aliphatic heterocycles. The van der Waals surface area contributed by atoms with Crippen LogP contribution >= 0.6 is 0 Å². The molecule has 7 nitrogen and oxygen atoms in total. The summed E-state index contributed by atoms with van der Waals surface area (Å²) in [5.74, 6) is -1.66. The fraction of sp³-hybridized carbons (Fsp3) is 0.353. The normalized spacial score (nSPS) is 21.0. The van der Waals surface area contributed by atoms with Crippen LogP contribution in [0.25, 0.3) is 0 Å². The second kappa shape index (κ2) is 7.62. The van der Waals surface area contributed by atoms with E-state index >= 15 is 0 Å². The van der Waals surface area contributed by atoms with Gasteiger partial charge < -0.3 is 20.1 Å². The third-order valence-corrected chi connectivity index (χ3v) is 3.49. The first-order valence-corrected chi connectivity index (χ1v) is 7.55. The van der Waals surface area contributed by atoms with E-state index in [0.717, 1.165) is 0 Å². The summed E-state index contributed by atoms with van der Waals surface area (Å²) in [6, 6.07) is 7.75. The minimum Gasteiger partial charge on any atom is -0.478 e. The number of carbonyl (C=O) groups is 2. The average molecular weight is 329 g/mol. The van der Waals surface area contributed by atoms with Gasteiger partial charge in [0.05, 0.1) is 17.8 Å². The maximum atomic E-state index is 12.3. The number of rotatable bonds is 4. The number of benzene rings is 1. The summed E-state index contributed by atoms with van der Waals surface area (Å²) in [6.45, 7) is 5.05. The highest BCUT2D eigenvalue weighted by Gasteiger charge is 2.21. The molecule has 1 heterocycles. The Morgan fingerprint density at radius 1 is 1.38 bits per heavy atom. The highest BCUT2D eigenvalue weighted by Crippen LogP contribution is 2.14. The Bertz CT molecular complexity index is 698. The molecule has 24 heavy (non-hydrogen) atoms. The van der Waals surface area contributed by atoms with E-state index in [1.54, 1.807) is 6.07 Å². The van der Waals surface area contributed by atoms with Gasteiger partial charge in [-0.15, -0.1) is 0 Å². The number of hydrogen-bond donors (Lipinski definition) is 2. The Kier molecular flexibility index (Phi) is 5.55. The lowest BCUT2D eigenvalue weighted by molar-refractivity contribution is -0.112. The minimum atomic E-state index is -1.08. The fourth-order valence-electron chi connectivity index (χ4n) is 2.57. The van der Waals surface area contributed by atoms with Gasteiger partial charge in [0.2, 0.25) is 0 Å². The van der Waals surface area contributed by atoms with Crippen molar-refractivity contribution < 1.29 is 19.4 Å². The van der Waals surface area contributed by atoms with Crippen molar-refractivity contribution in [2.24, 2.45) is 0 Å². The van der Waals surface area contributed by atoms with Crippen LogP contribution < -0.4 is 5.32 Å². The second-order valence-electron chi connectivity index (χ2n) is 5.71. The second-order valence-corrected chi connectivity index (χ2v) is 5.71. The molecule has 2 rings (SSSR count). The fourth-order valence-corrected chi connectivity index (χ4v) is 2.57. The van der Waals surface area contributed by atoms with E-state index in [4.69, 9.17) is 9.84 Å². The van der Waals surface area contributed by atoms with E-state index < -0.39 is 11.9 Å². The van der Waals surface area contributed by atoms with Crippen molar-refractivity contribution in [1.82, 2.24) is 4.90 Å². The van der Waals surface area contributed by atoms with Gasteiger partial charge in [-0.3, -0.25) is 4.79 Å². The third-order valence-electron chi connectivity index (χ3n) is 3.49. The zero-order chi connectivity index (χ0) is 17.7. The molecule has 2 N–H and O–H groups in total. The van der Waals surface area contributed by atoms with Gasteiger partial charge in [-0.25, -0.2) is 4.79 Å². The van der Waals surface area contributed by atoms with Crippen molar-refractivity contribution in [3.8, 4) is 6.07 Å². The molecule has 0 spiro atoms. The van der Waals surface area contributed by atoms with Crippen LogP contribution in [0.5, 0.6) is 0 Å². The Balaban J connectivity index is 2.11. The van der Waals surface area contributed by atoms with Crippen LogP contribution in [0, 0.1) is 11.3 Å². The number of carboxylic acid groups (broad SMARTS) is 1. The van der Waals surface area contributed by atoms with E-state index in [1.165, 1.54) is 24.4 Å². The van der Waals surface area contributed by atoms with E-state index in [2.05, 4.69) is 5.32 Å². The molecule has 0 saturated carbocycles. The van der Waals surface area contributed by atoms with Crippen LogP contribution in [0.15, 0.2) is 36.0 Å². The SMILES string of the molecule is CC1CN(/C=C(/C#N)C(=O)Nc2cccc(C(=O)O)c2)CC(C)O1. The molecule has 1 aliphatic rings. The molecule has 1 fully saturated rings. The monoisotopic (exact) mass is 329 g/mol. The summed E-state index contributed by atoms with van der Waals surface area (Å²) in [5.41, 5.74) is 0.341. The average Bonchev–Trinajstić information content (AvgIpc) is 2.51. The van der Waals surface area contributed by atoms with Gasteiger partial charge in [-0.1, -0.05) is 6.07 Å². The van der Waals surface area contributed by atoms with Crippen LogP contribution in [0.2, 0.25) is 0 Å². The number of ether oxygens (including phenoxy) is 1. The number of aromatic carboxylic acids is 1. The van der Waals surface area contributed by atoms with Gasteiger partial charge in [-0.05, 0) is 32.0 Å². The quantitative estimate of drug-likeness (QED) is 0.645. The molecule has 1 amide bonds. The van der Waals surface area contributed by atoms with Gasteiger partial charge in [-0.2, -0.15) is 5.26 Å². The number of nitriles is 1. The summed E-state index contributed by atoms with van der Waals surface area (Å²) >= 11 is 0. The zero-order valence-electron chi connectivity index (χ0n) is 13.5. The zero-order valence-corrected chi connectivity index (χ0v) is 13.5. The summed E-state index contributed by atoms with van der Waals surface area (Å²) < 4.78 is 5.61. The van der Waals surface area contributed by atoms with Crippen LogP contribution in [-0.2, 0) is 9.53 Å². The molecule has 1 aromatic carbocycles. The summed E-state index contributed by atoms with van der Waals surface area (Å²) in [6.07, 6.45) is 1.55. The predicted molar refractivity (Wildman–Crippen MR) is 87.3 cm³/mol. The van der Waals surface area contributed by atoms with Crippen molar-refractivity contribution >= 4 is 17.6 Å². The molecule has 0 bridgehead atoms. The Labute approximate surface area is 140 Å². The Morgan fingerprint density at radius 3 is 2.62 bits per heavy atom. The van der Waals surface area contributed by atoms with Crippen LogP contribution in [0.4, 0.5) is 5.69 Å². The smallest absolute Gasteiger partial charge is 0.335 e. The largest absolute Gasteiger partial charge is 0.478 e. The predicted octanol–water partition coefficient (Wildman–Crippen LogP) is 1.84. The molecule has 1 saturated heterocycles. The van der Waals surface area contributed by atoms with Crippen molar-refractivity contribution in [3.63, 3.8) is 0 Å². The lowest BCUT2D eigenvalue weighted by Gasteiger charge is -2.34. The van der Waals surface area contributed by atoms with Gasteiger partial charge in [0.1, 0.15) is 11.6 Å². The van der Waals surface area contributed by atoms with Gasteiger partial charge >= 0.3 is 5.97 Å². The lowest BCUT2D eigenvalue weighted by Crippen LogP contribution is -2.43. The first-order chi connectivity index (χ1) is 11.4. The van der Waals surface area contributed by atoms with Gasteiger partial charge in [0, 0.05) is 25.0 Å². The van der Waals surface area contributed by atoms with Crippen molar-refractivity contribution in [3.05, 3.63) is 41.6 Å². The highest BCUT2D eigenvalue weighted by atomic mass is 16.5. The van der Waals surface area contributed by atoms with Crippen LogP contribution in [-0.4, -0.2) is 47.2 Å². The number of hydrogen-bond acceptors (Lipinski definition) is 5. The molecular weight excluding hydrogens is 310 g/mol. The van der Waals surface area contributed by atoms with Gasteiger partial charge in [0.15, 0.2) is 0 Å². The molecule has 2 atom stereocenters. The van der Waals surface area contributed by atoms with Crippen molar-refractivity contribution in [2.45, 2.75) is 26.1 Å². The summed E-state index contributed by atoms with van der Waals surface area (Å²) in [7, 11) is 0. The number of carboxylic acids is 1. The maximum absolute atomic E-state index is 12.3. The first kappa shape index (κ1) is 17.5. The third kappa shape index (κ3) is 4.57. The topological polar surface area (TPSA) is 103 Å². The minimum absolute atomic E-state index is 0.0141. The van der Waals surface area contributed by atoms with Crippen molar-refractivity contribution in [2.75, 3.05) is 18.4 Å². The Morgan fingerprint density at radius 2 is 2.04 bits per heavy atom. The molecule has 0 radical (unpaired) electrons. The van der Waals surface area contributed by atoms with Crippen molar-refractivity contribution in [1.29, 1.82) is 5.26 Å². The Hall–Kier alpha value is -2.85. The van der Waals surface area contributed by atoms with E-state index in [0.29, 0.717) is 18.8 Å². The number of nitrogens with zero attached hydrogens (tertiary/aromatic N) is 2. The summed E-state index contributed by atoms with van der Waals surface area (Å²) in [4.78, 5) is 25.1. The molecule has 126 valence electrons. The first-order valence-electron chi connectivity index (χ1n) is 7.55. The number of morpholine rings is 1. The molecular formula is C17H19N3O4. The molecule has 1 aromatic rings. The van der Waals surface area contributed by atoms with E-state index in [-0.39, 0.29) is 23.3 Å². The standard InChI is InChI=1S/C17H19N3O4/c1-11-8-20(9-12(2)24-11)10-14(7-18)16(21)19-15-5-3-4-13(6-15)17(22)23/h3-6,10-12H,8-9H2,1-2H3,(H,19,21)(H,22,23)/b14-10-. The highest BCUT2D eigenvalue weighted by molar-refractivity contribution is 6.06. The maximum Gasteiger partial charge on any atom is 0.335 e. The number of anilines is 1. The molecule has 0 aliphatic carbocycles. The lowest BCUT2D eigenvalue weighted by atomic mass is 10.2. The van der Waals surface area contributed by atoms with Crippen LogP contribution in [0.3, 0.4) is 0 Å². The van der Waals surface area contributed by atoms with E-state index in [1.807, 2.05) is 24.8 Å².